The molecule has 1 heterocycles. The van der Waals surface area contributed by atoms with E-state index < -0.39 is 6.04 Å². The van der Waals surface area contributed by atoms with Crippen molar-refractivity contribution in [3.05, 3.63) is 65.2 Å². The van der Waals surface area contributed by atoms with Crippen LogP contribution in [0.2, 0.25) is 0 Å². The van der Waals surface area contributed by atoms with Crippen molar-refractivity contribution in [2.45, 2.75) is 45.8 Å². The minimum atomic E-state index is -0.604. The van der Waals surface area contributed by atoms with Gasteiger partial charge in [0.15, 0.2) is 0 Å². The summed E-state index contributed by atoms with van der Waals surface area (Å²) in [6.45, 7) is 7.88. The van der Waals surface area contributed by atoms with Gasteiger partial charge in [0.1, 0.15) is 18.3 Å². The first-order chi connectivity index (χ1) is 15.0. The van der Waals surface area contributed by atoms with Crippen LogP contribution < -0.4 is 20.3 Å². The van der Waals surface area contributed by atoms with E-state index in [-0.39, 0.29) is 17.7 Å². The molecule has 2 amide bonds. The fraction of sp³-hybridized carbons (Fsp3) is 0.440. The van der Waals surface area contributed by atoms with Crippen LogP contribution in [0.15, 0.2) is 48.5 Å². The maximum absolute atomic E-state index is 12.8. The molecule has 2 aromatic carbocycles. The Hall–Kier alpha value is -2.86. The van der Waals surface area contributed by atoms with Crippen molar-refractivity contribution in [3.8, 4) is 5.75 Å². The third kappa shape index (κ3) is 6.56. The van der Waals surface area contributed by atoms with Gasteiger partial charge in [-0.15, -0.1) is 0 Å². The number of methoxy groups -OCH3 is 1. The number of carbonyl (C=O) groups is 2. The van der Waals surface area contributed by atoms with Gasteiger partial charge >= 0.3 is 0 Å². The van der Waals surface area contributed by atoms with Gasteiger partial charge in [0, 0.05) is 30.5 Å². The van der Waals surface area contributed by atoms with Crippen LogP contribution in [0.1, 0.15) is 48.2 Å². The first-order valence-corrected chi connectivity index (χ1v) is 11.1. The fourth-order valence-corrected chi connectivity index (χ4v) is 3.92. The third-order valence-corrected chi connectivity index (χ3v) is 5.84. The van der Waals surface area contributed by atoms with E-state index in [0.29, 0.717) is 17.9 Å². The van der Waals surface area contributed by atoms with Gasteiger partial charge in [-0.2, -0.15) is 0 Å². The summed E-state index contributed by atoms with van der Waals surface area (Å²) in [6, 6.07) is 14.7. The molecule has 166 valence electrons. The van der Waals surface area contributed by atoms with E-state index in [1.807, 2.05) is 13.8 Å². The second-order valence-electron chi connectivity index (χ2n) is 8.59. The van der Waals surface area contributed by atoms with E-state index in [1.165, 1.54) is 31.5 Å². The number of amides is 2. The first-order valence-electron chi connectivity index (χ1n) is 11.1. The lowest BCUT2D eigenvalue weighted by Gasteiger charge is -2.22. The fourth-order valence-electron chi connectivity index (χ4n) is 3.92. The van der Waals surface area contributed by atoms with Crippen molar-refractivity contribution >= 4 is 11.8 Å². The van der Waals surface area contributed by atoms with Crippen LogP contribution in [-0.2, 0) is 17.9 Å². The van der Waals surface area contributed by atoms with Crippen molar-refractivity contribution in [1.82, 2.24) is 10.6 Å². The molecule has 1 atom stereocenters. The van der Waals surface area contributed by atoms with E-state index in [4.69, 9.17) is 4.74 Å². The number of ether oxygens (including phenoxy) is 1. The largest absolute Gasteiger partial charge is 0.497 e. The van der Waals surface area contributed by atoms with Gasteiger partial charge in [0.05, 0.1) is 20.2 Å². The number of quaternary nitrogens is 1. The summed E-state index contributed by atoms with van der Waals surface area (Å²) in [6.07, 6.45) is 2.65. The molecule has 2 aromatic rings. The molecule has 0 radical (unpaired) electrons. The summed E-state index contributed by atoms with van der Waals surface area (Å²) in [5.74, 6) is 0.197. The molecule has 3 rings (SSSR count). The van der Waals surface area contributed by atoms with Crippen molar-refractivity contribution in [2.24, 2.45) is 5.92 Å². The number of hydrogen-bond acceptors (Lipinski definition) is 3. The van der Waals surface area contributed by atoms with E-state index >= 15 is 0 Å². The van der Waals surface area contributed by atoms with E-state index in [9.17, 15) is 9.59 Å². The van der Waals surface area contributed by atoms with Crippen LogP contribution in [0.25, 0.3) is 0 Å². The van der Waals surface area contributed by atoms with E-state index in [1.54, 1.807) is 36.3 Å². The molecule has 1 fully saturated rings. The van der Waals surface area contributed by atoms with Crippen LogP contribution in [0.5, 0.6) is 5.75 Å². The third-order valence-electron chi connectivity index (χ3n) is 5.84. The van der Waals surface area contributed by atoms with Gasteiger partial charge in [-0.1, -0.05) is 38.1 Å². The zero-order valence-corrected chi connectivity index (χ0v) is 18.7. The molecule has 0 spiro atoms. The van der Waals surface area contributed by atoms with Gasteiger partial charge in [0.2, 0.25) is 5.91 Å². The van der Waals surface area contributed by atoms with E-state index in [2.05, 4.69) is 34.9 Å². The Morgan fingerprint density at radius 2 is 1.58 bits per heavy atom. The predicted molar refractivity (Wildman–Crippen MR) is 121 cm³/mol. The van der Waals surface area contributed by atoms with Crippen LogP contribution in [0.4, 0.5) is 0 Å². The molecule has 0 saturated carbocycles. The zero-order chi connectivity index (χ0) is 22.2. The molecule has 1 saturated heterocycles. The Morgan fingerprint density at radius 1 is 0.968 bits per heavy atom. The zero-order valence-electron chi connectivity index (χ0n) is 18.7. The number of hydrogen-bond donors (Lipinski definition) is 3. The highest BCUT2D eigenvalue weighted by molar-refractivity contribution is 5.97. The van der Waals surface area contributed by atoms with Crippen molar-refractivity contribution < 1.29 is 19.2 Å². The summed E-state index contributed by atoms with van der Waals surface area (Å²) >= 11 is 0. The Morgan fingerprint density at radius 3 is 2.16 bits per heavy atom. The number of nitrogens with one attached hydrogen (secondary N) is 3. The second-order valence-corrected chi connectivity index (χ2v) is 8.59. The van der Waals surface area contributed by atoms with Crippen molar-refractivity contribution in [2.75, 3.05) is 20.2 Å². The number of benzene rings is 2. The molecule has 1 aliphatic heterocycles. The van der Waals surface area contributed by atoms with Crippen LogP contribution in [0.3, 0.4) is 0 Å². The molecule has 6 heteroatoms. The molecule has 31 heavy (non-hydrogen) atoms. The Labute approximate surface area is 185 Å². The first kappa shape index (κ1) is 22.8. The van der Waals surface area contributed by atoms with E-state index in [0.717, 1.165) is 12.1 Å². The highest BCUT2D eigenvalue weighted by Gasteiger charge is 2.24. The molecule has 0 bridgehead atoms. The number of carbonyl (C=O) groups excluding carboxylic acids is 2. The normalized spacial score (nSPS) is 15.0. The standard InChI is InChI=1S/C25H33N3O3/c1-18(2)23(27-24(29)21-10-12-22(31-3)13-11-21)25(30)26-16-19-6-8-20(9-7-19)17-28-14-4-5-15-28/h6-13,18,23H,4-5,14-17H2,1-3H3,(H,26,30)(H,27,29)/p+1/t23-/m0/s1. The maximum atomic E-state index is 12.8. The topological polar surface area (TPSA) is 71.9 Å². The highest BCUT2D eigenvalue weighted by Crippen LogP contribution is 2.12. The molecule has 1 aliphatic rings. The summed E-state index contributed by atoms with van der Waals surface area (Å²) < 4.78 is 5.12. The Bertz CT molecular complexity index is 857. The molecule has 6 nitrogen and oxygen atoms in total. The van der Waals surface area contributed by atoms with Gasteiger partial charge < -0.3 is 20.3 Å². The molecule has 3 N–H and O–H groups in total. The molecule has 0 unspecified atom stereocenters. The average molecular weight is 425 g/mol. The maximum Gasteiger partial charge on any atom is 0.251 e. The monoisotopic (exact) mass is 424 g/mol. The molecular weight excluding hydrogens is 390 g/mol. The summed E-state index contributed by atoms with van der Waals surface area (Å²) in [5, 5.41) is 5.83. The summed E-state index contributed by atoms with van der Waals surface area (Å²) in [4.78, 5) is 27.0. The lowest BCUT2D eigenvalue weighted by Crippen LogP contribution is -3.08. The van der Waals surface area contributed by atoms with Crippen LogP contribution in [-0.4, -0.2) is 38.1 Å². The lowest BCUT2D eigenvalue weighted by molar-refractivity contribution is -0.901. The SMILES string of the molecule is COc1ccc(C(=O)N[C@H](C(=O)NCc2ccc(C[NH+]3CCCC3)cc2)C(C)C)cc1. The number of rotatable bonds is 9. The number of likely N-dealkylation sites (tertiary alicyclic amines) is 1. The van der Waals surface area contributed by atoms with Gasteiger partial charge in [-0.25, -0.2) is 0 Å². The quantitative estimate of drug-likeness (QED) is 0.576. The van der Waals surface area contributed by atoms with Crippen molar-refractivity contribution in [1.29, 1.82) is 0 Å². The molecule has 0 aliphatic carbocycles. The lowest BCUT2D eigenvalue weighted by atomic mass is 10.0. The smallest absolute Gasteiger partial charge is 0.251 e. The minimum absolute atomic E-state index is 0.0342. The summed E-state index contributed by atoms with van der Waals surface area (Å²) in [7, 11) is 1.58. The highest BCUT2D eigenvalue weighted by atomic mass is 16.5. The van der Waals surface area contributed by atoms with Crippen molar-refractivity contribution in [3.63, 3.8) is 0 Å². The Balaban J connectivity index is 1.53. The van der Waals surface area contributed by atoms with Gasteiger partial charge in [0.25, 0.3) is 5.91 Å². The van der Waals surface area contributed by atoms with Gasteiger partial charge in [-0.05, 0) is 35.7 Å². The predicted octanol–water partition coefficient (Wildman–Crippen LogP) is 1.94. The average Bonchev–Trinajstić information content (AvgIpc) is 3.29. The van der Waals surface area contributed by atoms with Crippen LogP contribution in [0, 0.1) is 5.92 Å². The second kappa shape index (κ2) is 11.0. The Kier molecular flexibility index (Phi) is 8.06. The minimum Gasteiger partial charge on any atom is -0.497 e. The molecular formula is C25H34N3O3+. The summed E-state index contributed by atoms with van der Waals surface area (Å²) in [5.41, 5.74) is 2.88. The van der Waals surface area contributed by atoms with Gasteiger partial charge in [-0.3, -0.25) is 9.59 Å². The molecule has 0 aromatic heterocycles. The van der Waals surface area contributed by atoms with Crippen LogP contribution >= 0.6 is 0 Å².